The van der Waals surface area contributed by atoms with Crippen molar-refractivity contribution in [1.82, 2.24) is 29.5 Å². The normalized spacial score (nSPS) is 11.0. The first kappa shape index (κ1) is 16.2. The summed E-state index contributed by atoms with van der Waals surface area (Å²) in [6.45, 7) is 2.09. The Morgan fingerprint density at radius 1 is 0.885 bits per heavy atom. The summed E-state index contributed by atoms with van der Waals surface area (Å²) in [4.78, 5) is 4.82. The van der Waals surface area contributed by atoms with Crippen LogP contribution in [0.3, 0.4) is 0 Å². The zero-order valence-corrected chi connectivity index (χ0v) is 14.9. The number of aryl methyl sites for hydroxylation is 4. The van der Waals surface area contributed by atoms with Gasteiger partial charge in [0.1, 0.15) is 18.0 Å². The summed E-state index contributed by atoms with van der Waals surface area (Å²) in [6.07, 6.45) is 3.22. The fraction of sp³-hybridized carbons (Fsp3) is 0.200. The monoisotopic (exact) mass is 344 g/mol. The average molecular weight is 344 g/mol. The molecule has 0 atom stereocenters. The van der Waals surface area contributed by atoms with Crippen LogP contribution in [-0.4, -0.2) is 29.5 Å². The predicted octanol–water partition coefficient (Wildman–Crippen LogP) is 3.16. The van der Waals surface area contributed by atoms with Crippen molar-refractivity contribution >= 4 is 0 Å². The highest BCUT2D eigenvalue weighted by Crippen LogP contribution is 2.21. The highest BCUT2D eigenvalue weighted by atomic mass is 15.4. The van der Waals surface area contributed by atoms with E-state index < -0.39 is 0 Å². The van der Waals surface area contributed by atoms with Gasteiger partial charge in [0.2, 0.25) is 0 Å². The molecule has 0 aliphatic rings. The van der Waals surface area contributed by atoms with E-state index in [1.54, 1.807) is 6.33 Å². The molecule has 0 amide bonds. The van der Waals surface area contributed by atoms with Crippen molar-refractivity contribution in [2.24, 2.45) is 7.05 Å². The minimum Gasteiger partial charge on any atom is -0.321 e. The molecule has 2 heterocycles. The van der Waals surface area contributed by atoms with E-state index in [4.69, 9.17) is 10.1 Å². The molecule has 0 unspecified atom stereocenters. The van der Waals surface area contributed by atoms with E-state index in [0.717, 1.165) is 47.1 Å². The Balaban J connectivity index is 1.74. The van der Waals surface area contributed by atoms with Crippen molar-refractivity contribution in [2.45, 2.75) is 19.8 Å². The Morgan fingerprint density at radius 2 is 1.62 bits per heavy atom. The van der Waals surface area contributed by atoms with Crippen LogP contribution in [0.4, 0.5) is 0 Å². The molecule has 0 radical (unpaired) electrons. The quantitative estimate of drug-likeness (QED) is 0.558. The van der Waals surface area contributed by atoms with Crippen molar-refractivity contribution in [3.05, 3.63) is 78.1 Å². The Bertz CT molecular complexity index is 1020. The zero-order chi connectivity index (χ0) is 17.9. The van der Waals surface area contributed by atoms with Crippen molar-refractivity contribution in [1.29, 1.82) is 0 Å². The molecule has 130 valence electrons. The van der Waals surface area contributed by atoms with Crippen LogP contribution in [0, 0.1) is 6.92 Å². The number of para-hydroxylation sites is 1. The van der Waals surface area contributed by atoms with E-state index in [1.165, 1.54) is 0 Å². The van der Waals surface area contributed by atoms with Gasteiger partial charge in [-0.05, 0) is 18.6 Å². The first-order valence-electron chi connectivity index (χ1n) is 8.62. The summed E-state index contributed by atoms with van der Waals surface area (Å²) in [5.74, 6) is 2.59. The molecule has 4 rings (SSSR count). The largest absolute Gasteiger partial charge is 0.321 e. The number of benzene rings is 2. The summed E-state index contributed by atoms with van der Waals surface area (Å²) in [7, 11) is 1.96. The zero-order valence-electron chi connectivity index (χ0n) is 14.9. The topological polar surface area (TPSA) is 61.4 Å². The fourth-order valence-electron chi connectivity index (χ4n) is 2.97. The first-order chi connectivity index (χ1) is 12.7. The lowest BCUT2D eigenvalue weighted by molar-refractivity contribution is 0.717. The van der Waals surface area contributed by atoms with Gasteiger partial charge in [-0.1, -0.05) is 48.5 Å². The molecule has 26 heavy (non-hydrogen) atoms. The van der Waals surface area contributed by atoms with Crippen LogP contribution in [0.15, 0.2) is 60.9 Å². The number of rotatable bonds is 5. The fourth-order valence-corrected chi connectivity index (χ4v) is 2.97. The van der Waals surface area contributed by atoms with E-state index in [9.17, 15) is 0 Å². The predicted molar refractivity (Wildman–Crippen MR) is 99.9 cm³/mol. The molecule has 0 saturated heterocycles. The molecule has 6 heteroatoms. The van der Waals surface area contributed by atoms with Crippen LogP contribution in [-0.2, 0) is 19.9 Å². The maximum Gasteiger partial charge on any atom is 0.181 e. The lowest BCUT2D eigenvalue weighted by Crippen LogP contribution is -2.08. The molecule has 0 aliphatic heterocycles. The lowest BCUT2D eigenvalue weighted by Gasteiger charge is -2.08. The third-order valence-electron chi connectivity index (χ3n) is 4.43. The molecule has 0 bridgehead atoms. The minimum absolute atomic E-state index is 0.737. The van der Waals surface area contributed by atoms with Crippen molar-refractivity contribution in [2.75, 3.05) is 0 Å². The van der Waals surface area contributed by atoms with Gasteiger partial charge in [-0.2, -0.15) is 0 Å². The summed E-state index contributed by atoms with van der Waals surface area (Å²) in [6, 6.07) is 18.3. The van der Waals surface area contributed by atoms with Gasteiger partial charge in [0.25, 0.3) is 0 Å². The van der Waals surface area contributed by atoms with Gasteiger partial charge in [0.05, 0.1) is 5.69 Å². The summed E-state index contributed by atoms with van der Waals surface area (Å²) < 4.78 is 3.89. The number of hydrogen-bond donors (Lipinski definition) is 0. The molecular formula is C20H20N6. The van der Waals surface area contributed by atoms with Crippen LogP contribution in [0.1, 0.15) is 17.2 Å². The molecular weight excluding hydrogens is 324 g/mol. The number of nitrogens with zero attached hydrogens (tertiary/aromatic N) is 6. The number of aromatic nitrogens is 6. The first-order valence-corrected chi connectivity index (χ1v) is 8.62. The molecule has 0 spiro atoms. The van der Waals surface area contributed by atoms with E-state index in [-0.39, 0.29) is 0 Å². The Kier molecular flexibility index (Phi) is 4.31. The minimum atomic E-state index is 0.737. The second kappa shape index (κ2) is 6.92. The van der Waals surface area contributed by atoms with Gasteiger partial charge < -0.3 is 4.57 Å². The standard InChI is InChI=1S/C20H20N6/c1-15-8-6-7-11-17(15)26-18(12-13-19-23-21-14-25(19)2)22-20(24-26)16-9-4-3-5-10-16/h3-11,14H,12-13H2,1-2H3. The average Bonchev–Trinajstić information content (AvgIpc) is 3.27. The van der Waals surface area contributed by atoms with E-state index >= 15 is 0 Å². The van der Waals surface area contributed by atoms with Crippen LogP contribution in [0.5, 0.6) is 0 Å². The van der Waals surface area contributed by atoms with Crippen molar-refractivity contribution in [3.8, 4) is 17.1 Å². The SMILES string of the molecule is Cc1ccccc1-n1nc(-c2ccccc2)nc1CCc1nncn1C. The summed E-state index contributed by atoms with van der Waals surface area (Å²) in [5, 5.41) is 12.9. The highest BCUT2D eigenvalue weighted by Gasteiger charge is 2.15. The molecule has 2 aromatic heterocycles. The van der Waals surface area contributed by atoms with Crippen LogP contribution in [0.25, 0.3) is 17.1 Å². The van der Waals surface area contributed by atoms with Crippen LogP contribution in [0.2, 0.25) is 0 Å². The van der Waals surface area contributed by atoms with Crippen LogP contribution >= 0.6 is 0 Å². The summed E-state index contributed by atoms with van der Waals surface area (Å²) >= 11 is 0. The molecule has 0 saturated carbocycles. The maximum absolute atomic E-state index is 4.82. The Labute approximate surface area is 152 Å². The van der Waals surface area contributed by atoms with Crippen molar-refractivity contribution < 1.29 is 0 Å². The molecule has 0 aliphatic carbocycles. The summed E-state index contributed by atoms with van der Waals surface area (Å²) in [5.41, 5.74) is 3.23. The van der Waals surface area contributed by atoms with E-state index in [0.29, 0.717) is 0 Å². The third kappa shape index (κ3) is 3.13. The molecule has 6 nitrogen and oxygen atoms in total. The van der Waals surface area contributed by atoms with Crippen LogP contribution < -0.4 is 0 Å². The molecule has 2 aromatic carbocycles. The molecule has 0 N–H and O–H groups in total. The van der Waals surface area contributed by atoms with E-state index in [2.05, 4.69) is 29.3 Å². The Morgan fingerprint density at radius 3 is 2.35 bits per heavy atom. The maximum atomic E-state index is 4.82. The molecule has 0 fully saturated rings. The molecule has 4 aromatic rings. The van der Waals surface area contributed by atoms with Gasteiger partial charge in [0, 0.05) is 25.5 Å². The van der Waals surface area contributed by atoms with Gasteiger partial charge >= 0.3 is 0 Å². The van der Waals surface area contributed by atoms with Gasteiger partial charge in [-0.15, -0.1) is 15.3 Å². The second-order valence-corrected chi connectivity index (χ2v) is 6.27. The lowest BCUT2D eigenvalue weighted by atomic mass is 10.2. The van der Waals surface area contributed by atoms with Gasteiger partial charge in [-0.25, -0.2) is 9.67 Å². The Hall–Kier alpha value is -3.28. The van der Waals surface area contributed by atoms with Gasteiger partial charge in [-0.3, -0.25) is 0 Å². The number of hydrogen-bond acceptors (Lipinski definition) is 4. The van der Waals surface area contributed by atoms with E-state index in [1.807, 2.05) is 58.8 Å². The van der Waals surface area contributed by atoms with Gasteiger partial charge in [0.15, 0.2) is 5.82 Å². The smallest absolute Gasteiger partial charge is 0.181 e. The third-order valence-corrected chi connectivity index (χ3v) is 4.43. The highest BCUT2D eigenvalue weighted by molar-refractivity contribution is 5.55. The van der Waals surface area contributed by atoms with Crippen molar-refractivity contribution in [3.63, 3.8) is 0 Å². The second-order valence-electron chi connectivity index (χ2n) is 6.27.